The molecule has 1 aromatic heterocycles. The van der Waals surface area contributed by atoms with Crippen LogP contribution in [0.2, 0.25) is 0 Å². The minimum absolute atomic E-state index is 0.00397. The molecule has 0 amide bonds. The Labute approximate surface area is 99.6 Å². The van der Waals surface area contributed by atoms with Gasteiger partial charge in [0, 0.05) is 17.8 Å². The highest BCUT2D eigenvalue weighted by molar-refractivity contribution is 5.97. The molecule has 0 saturated heterocycles. The van der Waals surface area contributed by atoms with Crippen molar-refractivity contribution in [1.29, 1.82) is 0 Å². The van der Waals surface area contributed by atoms with E-state index in [1.54, 1.807) is 6.07 Å². The quantitative estimate of drug-likeness (QED) is 0.820. The number of hydrogen-bond donors (Lipinski definition) is 1. The molecule has 3 rings (SSSR count). The molecule has 0 aliphatic heterocycles. The first kappa shape index (κ1) is 10.5. The number of hydrogen-bond acceptors (Lipinski definition) is 3. The van der Waals surface area contributed by atoms with Gasteiger partial charge in [0.15, 0.2) is 11.5 Å². The van der Waals surface area contributed by atoms with Gasteiger partial charge in [0.25, 0.3) is 0 Å². The minimum Gasteiger partial charge on any atom is -0.453 e. The maximum Gasteiger partial charge on any atom is 0.199 e. The summed E-state index contributed by atoms with van der Waals surface area (Å²) < 4.78 is 5.53. The van der Waals surface area contributed by atoms with Crippen LogP contribution in [0.3, 0.4) is 0 Å². The number of nitrogens with two attached hydrogens (primary N) is 1. The molecule has 1 heterocycles. The Morgan fingerprint density at radius 2 is 2.18 bits per heavy atom. The Hall–Kier alpha value is -1.61. The smallest absolute Gasteiger partial charge is 0.199 e. The number of Topliss-reactive ketones (excluding diaryl/α,β-unsaturated/α-hetero) is 1. The molecule has 88 valence electrons. The molecule has 3 nitrogen and oxygen atoms in total. The van der Waals surface area contributed by atoms with Crippen LogP contribution in [0.25, 0.3) is 11.0 Å². The fourth-order valence-electron chi connectivity index (χ4n) is 2.13. The summed E-state index contributed by atoms with van der Waals surface area (Å²) in [4.78, 5) is 12.0. The van der Waals surface area contributed by atoms with E-state index in [-0.39, 0.29) is 11.8 Å². The van der Waals surface area contributed by atoms with Crippen LogP contribution in [-0.2, 0) is 0 Å². The highest BCUT2D eigenvalue weighted by Gasteiger charge is 2.30. The molecule has 3 heteroatoms. The van der Waals surface area contributed by atoms with Crippen LogP contribution < -0.4 is 5.73 Å². The molecule has 1 aliphatic carbocycles. The summed E-state index contributed by atoms with van der Waals surface area (Å²) in [5.41, 5.74) is 6.71. The molecule has 1 saturated carbocycles. The lowest BCUT2D eigenvalue weighted by atomic mass is 10.1. The summed E-state index contributed by atoms with van der Waals surface area (Å²) >= 11 is 0. The van der Waals surface area contributed by atoms with Gasteiger partial charge in [-0.15, -0.1) is 0 Å². The lowest BCUT2D eigenvalue weighted by Crippen LogP contribution is -2.25. The Morgan fingerprint density at radius 1 is 1.41 bits per heavy atom. The molecular weight excluding hydrogens is 214 g/mol. The van der Waals surface area contributed by atoms with E-state index in [9.17, 15) is 4.79 Å². The normalized spacial score (nSPS) is 17.2. The van der Waals surface area contributed by atoms with Gasteiger partial charge in [-0.05, 0) is 30.9 Å². The van der Waals surface area contributed by atoms with Gasteiger partial charge in [0.2, 0.25) is 0 Å². The number of fused-ring (bicyclic) bond motifs is 1. The van der Waals surface area contributed by atoms with E-state index < -0.39 is 0 Å². The van der Waals surface area contributed by atoms with E-state index in [0.717, 1.165) is 23.8 Å². The number of benzene rings is 1. The molecule has 0 spiro atoms. The average Bonchev–Trinajstić information content (AvgIpc) is 3.08. The second-order valence-corrected chi connectivity index (χ2v) is 4.78. The molecule has 0 bridgehead atoms. The van der Waals surface area contributed by atoms with E-state index >= 15 is 0 Å². The van der Waals surface area contributed by atoms with Gasteiger partial charge in [0.1, 0.15) is 5.58 Å². The largest absolute Gasteiger partial charge is 0.453 e. The molecule has 1 aromatic carbocycles. The van der Waals surface area contributed by atoms with Gasteiger partial charge in [-0.25, -0.2) is 0 Å². The van der Waals surface area contributed by atoms with E-state index in [0.29, 0.717) is 18.1 Å². The van der Waals surface area contributed by atoms with Crippen LogP contribution in [0.1, 0.15) is 29.8 Å². The second-order valence-electron chi connectivity index (χ2n) is 4.78. The van der Waals surface area contributed by atoms with Crippen LogP contribution in [0.4, 0.5) is 0 Å². The number of carbonyl (C=O) groups excluding carboxylic acids is 1. The van der Waals surface area contributed by atoms with E-state index in [4.69, 9.17) is 10.2 Å². The zero-order valence-corrected chi connectivity index (χ0v) is 9.56. The fraction of sp³-hybridized carbons (Fsp3) is 0.357. The molecule has 2 aromatic rings. The summed E-state index contributed by atoms with van der Waals surface area (Å²) in [5.74, 6) is 0.992. The fourth-order valence-corrected chi connectivity index (χ4v) is 2.13. The third kappa shape index (κ3) is 2.11. The Morgan fingerprint density at radius 3 is 2.88 bits per heavy atom. The number of para-hydroxylation sites is 1. The van der Waals surface area contributed by atoms with Crippen LogP contribution in [0, 0.1) is 5.92 Å². The lowest BCUT2D eigenvalue weighted by molar-refractivity contribution is 0.0946. The first-order valence-electron chi connectivity index (χ1n) is 6.01. The summed E-state index contributed by atoms with van der Waals surface area (Å²) in [6.45, 7) is 0. The van der Waals surface area contributed by atoms with Crippen molar-refractivity contribution in [2.45, 2.75) is 25.3 Å². The lowest BCUT2D eigenvalue weighted by Gasteiger charge is -2.06. The first-order chi connectivity index (χ1) is 8.24. The molecule has 1 unspecified atom stereocenters. The molecule has 2 N–H and O–H groups in total. The Balaban J connectivity index is 1.80. The topological polar surface area (TPSA) is 56.2 Å². The standard InChI is InChI=1S/C14H15NO2/c15-11(9-5-6-9)8-12(16)14-7-10-3-1-2-4-13(10)17-14/h1-4,7,9,11H,5-6,8,15H2. The van der Waals surface area contributed by atoms with Crippen molar-refractivity contribution >= 4 is 16.8 Å². The molecule has 1 fully saturated rings. The van der Waals surface area contributed by atoms with Crippen molar-refractivity contribution in [2.24, 2.45) is 11.7 Å². The third-order valence-electron chi connectivity index (χ3n) is 3.35. The number of ketones is 1. The number of rotatable bonds is 4. The Kier molecular flexibility index (Phi) is 2.48. The van der Waals surface area contributed by atoms with Gasteiger partial charge in [-0.2, -0.15) is 0 Å². The van der Waals surface area contributed by atoms with Gasteiger partial charge >= 0.3 is 0 Å². The maximum atomic E-state index is 12.0. The highest BCUT2D eigenvalue weighted by atomic mass is 16.3. The van der Waals surface area contributed by atoms with Crippen molar-refractivity contribution in [3.63, 3.8) is 0 Å². The van der Waals surface area contributed by atoms with Crippen molar-refractivity contribution in [3.05, 3.63) is 36.1 Å². The zero-order valence-electron chi connectivity index (χ0n) is 9.56. The maximum absolute atomic E-state index is 12.0. The second kappa shape index (κ2) is 4.00. The summed E-state index contributed by atoms with van der Waals surface area (Å²) in [6, 6.07) is 9.44. The first-order valence-corrected chi connectivity index (χ1v) is 6.01. The SMILES string of the molecule is NC(CC(=O)c1cc2ccccc2o1)C1CC1. The van der Waals surface area contributed by atoms with Crippen LogP contribution in [0.15, 0.2) is 34.7 Å². The third-order valence-corrected chi connectivity index (χ3v) is 3.35. The minimum atomic E-state index is -0.00397. The van der Waals surface area contributed by atoms with Crippen LogP contribution in [-0.4, -0.2) is 11.8 Å². The summed E-state index contributed by atoms with van der Waals surface area (Å²) in [7, 11) is 0. The van der Waals surface area contributed by atoms with E-state index in [2.05, 4.69) is 0 Å². The van der Waals surface area contributed by atoms with Crippen molar-refractivity contribution in [1.82, 2.24) is 0 Å². The monoisotopic (exact) mass is 229 g/mol. The number of furan rings is 1. The molecule has 1 aliphatic rings. The molecular formula is C14H15NO2. The predicted octanol–water partition coefficient (Wildman–Crippen LogP) is 2.74. The van der Waals surface area contributed by atoms with Crippen molar-refractivity contribution < 1.29 is 9.21 Å². The Bertz CT molecular complexity index is 521. The van der Waals surface area contributed by atoms with Gasteiger partial charge < -0.3 is 10.2 Å². The highest BCUT2D eigenvalue weighted by Crippen LogP contribution is 2.33. The van der Waals surface area contributed by atoms with Crippen LogP contribution >= 0.6 is 0 Å². The molecule has 1 atom stereocenters. The van der Waals surface area contributed by atoms with E-state index in [1.807, 2.05) is 24.3 Å². The average molecular weight is 229 g/mol. The van der Waals surface area contributed by atoms with Gasteiger partial charge in [0.05, 0.1) is 0 Å². The summed E-state index contributed by atoms with van der Waals surface area (Å²) in [5, 5.41) is 0.968. The van der Waals surface area contributed by atoms with Gasteiger partial charge in [-0.3, -0.25) is 4.79 Å². The zero-order chi connectivity index (χ0) is 11.8. The number of carbonyl (C=O) groups is 1. The van der Waals surface area contributed by atoms with Crippen molar-refractivity contribution in [3.8, 4) is 0 Å². The predicted molar refractivity (Wildman–Crippen MR) is 65.9 cm³/mol. The van der Waals surface area contributed by atoms with Crippen molar-refractivity contribution in [2.75, 3.05) is 0 Å². The van der Waals surface area contributed by atoms with E-state index in [1.165, 1.54) is 0 Å². The molecule has 0 radical (unpaired) electrons. The van der Waals surface area contributed by atoms with Gasteiger partial charge in [-0.1, -0.05) is 18.2 Å². The molecule has 17 heavy (non-hydrogen) atoms. The summed E-state index contributed by atoms with van der Waals surface area (Å²) in [6.07, 6.45) is 2.72. The van der Waals surface area contributed by atoms with Crippen LogP contribution in [0.5, 0.6) is 0 Å².